The van der Waals surface area contributed by atoms with E-state index in [-0.39, 0.29) is 23.0 Å². The van der Waals surface area contributed by atoms with Crippen molar-refractivity contribution in [2.75, 3.05) is 24.3 Å². The Bertz CT molecular complexity index is 1090. The zero-order valence-corrected chi connectivity index (χ0v) is 14.4. The summed E-state index contributed by atoms with van der Waals surface area (Å²) in [6.45, 7) is 2.89. The quantitative estimate of drug-likeness (QED) is 0.694. The SMILES string of the molecule is CCn1c(NC(=O)c2cnc(N)nc2)nc2c3c(ccc2c1=O)OCCO3. The first-order valence-corrected chi connectivity index (χ1v) is 8.30. The number of nitrogens with zero attached hydrogens (tertiary/aromatic N) is 4. The van der Waals surface area contributed by atoms with Crippen molar-refractivity contribution < 1.29 is 14.3 Å². The number of carbonyl (C=O) groups excluding carboxylic acids is 1. The van der Waals surface area contributed by atoms with Crippen LogP contribution in [0.1, 0.15) is 17.3 Å². The van der Waals surface area contributed by atoms with Crippen LogP contribution in [0.3, 0.4) is 0 Å². The zero-order chi connectivity index (χ0) is 19.0. The number of hydrogen-bond donors (Lipinski definition) is 2. The maximum atomic E-state index is 12.9. The van der Waals surface area contributed by atoms with Crippen molar-refractivity contribution >= 4 is 28.7 Å². The molecule has 0 radical (unpaired) electrons. The molecule has 1 aliphatic heterocycles. The number of anilines is 2. The minimum Gasteiger partial charge on any atom is -0.486 e. The standard InChI is InChI=1S/C17H16N6O4/c1-2-23-15(25)10-3-4-11-13(27-6-5-26-11)12(10)21-17(23)22-14(24)9-7-19-16(18)20-8-9/h3-4,7-8H,2,5-6H2,1H3,(H2,18,19,20)(H,21,22,24). The van der Waals surface area contributed by atoms with Gasteiger partial charge in [0.15, 0.2) is 11.5 Å². The number of fused-ring (bicyclic) bond motifs is 3. The van der Waals surface area contributed by atoms with Gasteiger partial charge in [0.2, 0.25) is 11.9 Å². The van der Waals surface area contributed by atoms with Gasteiger partial charge in [0.1, 0.15) is 18.7 Å². The number of rotatable bonds is 3. The van der Waals surface area contributed by atoms with Crippen LogP contribution in [0, 0.1) is 0 Å². The Morgan fingerprint density at radius 3 is 2.74 bits per heavy atom. The Kier molecular flexibility index (Phi) is 4.07. The van der Waals surface area contributed by atoms with E-state index in [2.05, 4.69) is 20.3 Å². The number of benzene rings is 1. The molecule has 0 atom stereocenters. The fraction of sp³-hybridized carbons (Fsp3) is 0.235. The Morgan fingerprint density at radius 1 is 1.26 bits per heavy atom. The minimum atomic E-state index is -0.509. The van der Waals surface area contributed by atoms with Crippen LogP contribution in [0.2, 0.25) is 0 Å². The third-order valence-corrected chi connectivity index (χ3v) is 4.11. The fourth-order valence-electron chi connectivity index (χ4n) is 2.81. The number of hydrogen-bond acceptors (Lipinski definition) is 8. The maximum Gasteiger partial charge on any atom is 0.262 e. The van der Waals surface area contributed by atoms with Crippen molar-refractivity contribution in [2.24, 2.45) is 0 Å². The van der Waals surface area contributed by atoms with Gasteiger partial charge in [-0.3, -0.25) is 19.5 Å². The number of nitrogens with two attached hydrogens (primary N) is 1. The largest absolute Gasteiger partial charge is 0.486 e. The lowest BCUT2D eigenvalue weighted by Gasteiger charge is -2.20. The van der Waals surface area contributed by atoms with Crippen molar-refractivity contribution in [3.05, 3.63) is 40.4 Å². The molecule has 0 saturated heterocycles. The smallest absolute Gasteiger partial charge is 0.262 e. The lowest BCUT2D eigenvalue weighted by atomic mass is 10.2. The second-order valence-electron chi connectivity index (χ2n) is 5.75. The van der Waals surface area contributed by atoms with Gasteiger partial charge < -0.3 is 15.2 Å². The second-order valence-corrected chi connectivity index (χ2v) is 5.75. The normalized spacial score (nSPS) is 12.8. The third kappa shape index (κ3) is 2.90. The molecular formula is C17H16N6O4. The van der Waals surface area contributed by atoms with Crippen molar-refractivity contribution in [3.63, 3.8) is 0 Å². The molecule has 27 heavy (non-hydrogen) atoms. The topological polar surface area (TPSA) is 134 Å². The van der Waals surface area contributed by atoms with Gasteiger partial charge in [-0.1, -0.05) is 0 Å². The predicted octanol–water partition coefficient (Wildman–Crippen LogP) is 0.812. The number of nitrogens with one attached hydrogen (secondary N) is 1. The van der Waals surface area contributed by atoms with Crippen molar-refractivity contribution in [3.8, 4) is 11.5 Å². The number of nitrogen functional groups attached to an aromatic ring is 1. The summed E-state index contributed by atoms with van der Waals surface area (Å²) in [6.07, 6.45) is 2.60. The van der Waals surface area contributed by atoms with Crippen molar-refractivity contribution in [2.45, 2.75) is 13.5 Å². The Hall–Kier alpha value is -3.69. The first kappa shape index (κ1) is 16.8. The molecule has 0 saturated carbocycles. The van der Waals surface area contributed by atoms with E-state index in [1.165, 1.54) is 17.0 Å². The molecule has 0 unspecified atom stereocenters. The van der Waals surface area contributed by atoms with E-state index in [4.69, 9.17) is 15.2 Å². The average Bonchev–Trinajstić information content (AvgIpc) is 2.68. The lowest BCUT2D eigenvalue weighted by molar-refractivity contribution is 0.102. The molecule has 0 fully saturated rings. The van der Waals surface area contributed by atoms with Gasteiger partial charge in [-0.15, -0.1) is 0 Å². The first-order chi connectivity index (χ1) is 13.1. The van der Waals surface area contributed by atoms with Gasteiger partial charge in [0, 0.05) is 18.9 Å². The van der Waals surface area contributed by atoms with E-state index in [0.29, 0.717) is 42.2 Å². The highest BCUT2D eigenvalue weighted by atomic mass is 16.6. The Labute approximate surface area is 153 Å². The summed E-state index contributed by atoms with van der Waals surface area (Å²) in [7, 11) is 0. The van der Waals surface area contributed by atoms with Crippen LogP contribution >= 0.6 is 0 Å². The average molecular weight is 368 g/mol. The van der Waals surface area contributed by atoms with E-state index in [1.54, 1.807) is 19.1 Å². The summed E-state index contributed by atoms with van der Waals surface area (Å²) in [5, 5.41) is 3.02. The van der Waals surface area contributed by atoms with Crippen LogP contribution in [-0.2, 0) is 6.54 Å². The molecule has 0 bridgehead atoms. The second kappa shape index (κ2) is 6.56. The van der Waals surface area contributed by atoms with Gasteiger partial charge >= 0.3 is 0 Å². The molecule has 3 N–H and O–H groups in total. The van der Waals surface area contributed by atoms with E-state index < -0.39 is 5.91 Å². The van der Waals surface area contributed by atoms with Crippen LogP contribution in [0.4, 0.5) is 11.9 Å². The van der Waals surface area contributed by atoms with Crippen LogP contribution in [-0.4, -0.2) is 38.6 Å². The fourth-order valence-corrected chi connectivity index (χ4v) is 2.81. The molecule has 138 valence electrons. The molecule has 2 aromatic heterocycles. The van der Waals surface area contributed by atoms with E-state index >= 15 is 0 Å². The molecule has 1 amide bonds. The number of aromatic nitrogens is 4. The first-order valence-electron chi connectivity index (χ1n) is 8.30. The molecule has 1 aromatic carbocycles. The highest BCUT2D eigenvalue weighted by Crippen LogP contribution is 2.35. The van der Waals surface area contributed by atoms with E-state index in [0.717, 1.165) is 0 Å². The number of amides is 1. The van der Waals surface area contributed by atoms with Gasteiger partial charge in [-0.2, -0.15) is 0 Å². The summed E-state index contributed by atoms with van der Waals surface area (Å²) in [5.74, 6) is 0.555. The summed E-state index contributed by atoms with van der Waals surface area (Å²) in [4.78, 5) is 37.4. The molecule has 1 aliphatic rings. The third-order valence-electron chi connectivity index (χ3n) is 4.11. The summed E-state index contributed by atoms with van der Waals surface area (Å²) in [6, 6.07) is 3.33. The molecule has 4 rings (SSSR count). The zero-order valence-electron chi connectivity index (χ0n) is 14.4. The Balaban J connectivity index is 1.82. The lowest BCUT2D eigenvalue weighted by Crippen LogP contribution is -2.27. The van der Waals surface area contributed by atoms with Crippen LogP contribution in [0.15, 0.2) is 29.3 Å². The number of ether oxygens (including phenoxy) is 2. The molecule has 0 spiro atoms. The van der Waals surface area contributed by atoms with Gasteiger partial charge in [-0.25, -0.2) is 15.0 Å². The van der Waals surface area contributed by atoms with Crippen LogP contribution in [0.25, 0.3) is 10.9 Å². The van der Waals surface area contributed by atoms with Crippen LogP contribution in [0.5, 0.6) is 11.5 Å². The van der Waals surface area contributed by atoms with Gasteiger partial charge in [0.05, 0.1) is 10.9 Å². The predicted molar refractivity (Wildman–Crippen MR) is 97.1 cm³/mol. The van der Waals surface area contributed by atoms with E-state index in [1.807, 2.05) is 0 Å². The summed E-state index contributed by atoms with van der Waals surface area (Å²) in [5.41, 5.74) is 5.68. The van der Waals surface area contributed by atoms with Gasteiger partial charge in [0.25, 0.3) is 11.5 Å². The monoisotopic (exact) mass is 368 g/mol. The highest BCUT2D eigenvalue weighted by molar-refractivity contribution is 6.03. The molecule has 3 heterocycles. The molecule has 3 aromatic rings. The number of carbonyl (C=O) groups is 1. The molecule has 10 heteroatoms. The summed E-state index contributed by atoms with van der Waals surface area (Å²) >= 11 is 0. The van der Waals surface area contributed by atoms with Crippen molar-refractivity contribution in [1.82, 2.24) is 19.5 Å². The highest BCUT2D eigenvalue weighted by Gasteiger charge is 2.21. The van der Waals surface area contributed by atoms with Crippen LogP contribution < -0.4 is 26.1 Å². The molecule has 0 aliphatic carbocycles. The molecule has 10 nitrogen and oxygen atoms in total. The maximum absolute atomic E-state index is 12.9. The summed E-state index contributed by atoms with van der Waals surface area (Å²) < 4.78 is 12.6. The van der Waals surface area contributed by atoms with E-state index in [9.17, 15) is 9.59 Å². The molecular weight excluding hydrogens is 352 g/mol. The van der Waals surface area contributed by atoms with Crippen molar-refractivity contribution in [1.29, 1.82) is 0 Å². The Morgan fingerprint density at radius 2 is 2.00 bits per heavy atom. The minimum absolute atomic E-state index is 0.0598. The van der Waals surface area contributed by atoms with Gasteiger partial charge in [-0.05, 0) is 19.1 Å².